The van der Waals surface area contributed by atoms with E-state index in [9.17, 15) is 19.7 Å². The van der Waals surface area contributed by atoms with Crippen LogP contribution < -0.4 is 16.8 Å². The fourth-order valence-corrected chi connectivity index (χ4v) is 1.19. The lowest BCUT2D eigenvalue weighted by molar-refractivity contribution is -0.480. The third kappa shape index (κ3) is 7.81. The summed E-state index contributed by atoms with van der Waals surface area (Å²) in [5, 5.41) is 30.0. The van der Waals surface area contributed by atoms with Crippen LogP contribution in [-0.4, -0.2) is 58.2 Å². The third-order valence-corrected chi connectivity index (χ3v) is 2.22. The Hall–Kier alpha value is -2.43. The predicted molar refractivity (Wildman–Crippen MR) is 67.8 cm³/mol. The summed E-state index contributed by atoms with van der Waals surface area (Å²) in [6.07, 6.45) is 0.573. The van der Waals surface area contributed by atoms with Crippen LogP contribution in [0.4, 0.5) is 0 Å². The van der Waals surface area contributed by atoms with E-state index in [0.29, 0.717) is 6.42 Å². The minimum absolute atomic E-state index is 0.201. The molecule has 0 amide bonds. The highest BCUT2D eigenvalue weighted by Gasteiger charge is 2.22. The van der Waals surface area contributed by atoms with Gasteiger partial charge in [0, 0.05) is 11.5 Å². The number of carboxylic acid groups (broad SMARTS) is 2. The summed E-state index contributed by atoms with van der Waals surface area (Å²) >= 11 is 0. The molecule has 0 spiro atoms. The Bertz CT molecular complexity index is 398. The topological polar surface area (TPSA) is 194 Å². The first-order chi connectivity index (χ1) is 9.23. The Morgan fingerprint density at radius 2 is 1.95 bits per heavy atom. The van der Waals surface area contributed by atoms with Gasteiger partial charge in [0.2, 0.25) is 12.6 Å². The molecule has 0 radical (unpaired) electrons. The maximum Gasteiger partial charge on any atom is 0.335 e. The van der Waals surface area contributed by atoms with Crippen LogP contribution in [0.2, 0.25) is 0 Å². The van der Waals surface area contributed by atoms with E-state index in [1.54, 1.807) is 0 Å². The number of hydrogen-bond donors (Lipinski definition) is 5. The van der Waals surface area contributed by atoms with Crippen LogP contribution in [0, 0.1) is 10.1 Å². The smallest absolute Gasteiger partial charge is 0.335 e. The number of nitro groups is 1. The molecule has 11 nitrogen and oxygen atoms in total. The SMILES string of the molecule is NC(=N[C@@H](C[N+](=O)[O-])C(=O)O)NCCC[C@H](N)C(=O)O. The largest absolute Gasteiger partial charge is 0.480 e. The molecule has 114 valence electrons. The Kier molecular flexibility index (Phi) is 7.58. The molecule has 0 aliphatic heterocycles. The van der Waals surface area contributed by atoms with E-state index in [1.807, 2.05) is 0 Å². The Morgan fingerprint density at radius 1 is 1.35 bits per heavy atom. The number of nitrogens with zero attached hydrogens (tertiary/aromatic N) is 2. The van der Waals surface area contributed by atoms with Crippen molar-refractivity contribution in [1.29, 1.82) is 0 Å². The van der Waals surface area contributed by atoms with Crippen LogP contribution in [0.15, 0.2) is 4.99 Å². The van der Waals surface area contributed by atoms with Crippen molar-refractivity contribution in [1.82, 2.24) is 5.32 Å². The van der Waals surface area contributed by atoms with Gasteiger partial charge in [-0.15, -0.1) is 0 Å². The average molecular weight is 291 g/mol. The number of nitrogens with one attached hydrogen (secondary N) is 1. The second-order valence-corrected chi connectivity index (χ2v) is 3.90. The molecule has 0 aliphatic rings. The monoisotopic (exact) mass is 291 g/mol. The van der Waals surface area contributed by atoms with E-state index in [2.05, 4.69) is 10.3 Å². The van der Waals surface area contributed by atoms with Crippen molar-refractivity contribution in [3.05, 3.63) is 10.1 Å². The molecule has 20 heavy (non-hydrogen) atoms. The molecule has 11 heteroatoms. The van der Waals surface area contributed by atoms with Crippen molar-refractivity contribution in [2.24, 2.45) is 16.5 Å². The zero-order chi connectivity index (χ0) is 15.7. The highest BCUT2D eigenvalue weighted by molar-refractivity contribution is 5.82. The first-order valence-corrected chi connectivity index (χ1v) is 5.64. The van der Waals surface area contributed by atoms with Crippen molar-refractivity contribution in [2.45, 2.75) is 24.9 Å². The zero-order valence-electron chi connectivity index (χ0n) is 10.6. The summed E-state index contributed by atoms with van der Waals surface area (Å²) in [5.74, 6) is -2.84. The van der Waals surface area contributed by atoms with Crippen LogP contribution >= 0.6 is 0 Å². The number of hydrogen-bond acceptors (Lipinski definition) is 6. The van der Waals surface area contributed by atoms with E-state index in [0.717, 1.165) is 0 Å². The standard InChI is InChI=1S/C9H17N5O6/c10-5(7(15)16)2-1-3-12-9(11)13-6(8(17)18)4-14(19)20/h5-6H,1-4,10H2,(H,15,16)(H,17,18)(H3,11,12,13)/t5-,6-/m0/s1. The molecule has 0 fully saturated rings. The number of rotatable bonds is 9. The molecule has 0 saturated heterocycles. The molecular formula is C9H17N5O6. The Balaban J connectivity index is 4.19. The van der Waals surface area contributed by atoms with Crippen LogP contribution in [0.1, 0.15) is 12.8 Å². The molecule has 0 bridgehead atoms. The number of nitrogens with two attached hydrogens (primary N) is 2. The number of carboxylic acids is 2. The molecule has 0 aromatic rings. The number of carbonyl (C=O) groups is 2. The highest BCUT2D eigenvalue weighted by Crippen LogP contribution is 1.94. The molecule has 2 atom stereocenters. The minimum Gasteiger partial charge on any atom is -0.480 e. The molecule has 0 saturated carbocycles. The van der Waals surface area contributed by atoms with Gasteiger partial charge in [-0.25, -0.2) is 9.79 Å². The lowest BCUT2D eigenvalue weighted by Crippen LogP contribution is -2.38. The van der Waals surface area contributed by atoms with Crippen molar-refractivity contribution < 1.29 is 24.7 Å². The fourth-order valence-electron chi connectivity index (χ4n) is 1.19. The molecule has 0 aliphatic carbocycles. The Morgan fingerprint density at radius 3 is 2.40 bits per heavy atom. The summed E-state index contributed by atoms with van der Waals surface area (Å²) < 4.78 is 0. The van der Waals surface area contributed by atoms with Crippen LogP contribution in [0.25, 0.3) is 0 Å². The van der Waals surface area contributed by atoms with Gasteiger partial charge in [0.15, 0.2) is 5.96 Å². The van der Waals surface area contributed by atoms with E-state index >= 15 is 0 Å². The van der Waals surface area contributed by atoms with Gasteiger partial charge in [-0.1, -0.05) is 0 Å². The van der Waals surface area contributed by atoms with Crippen molar-refractivity contribution in [2.75, 3.05) is 13.1 Å². The molecule has 0 heterocycles. The van der Waals surface area contributed by atoms with Gasteiger partial charge in [-0.3, -0.25) is 14.9 Å². The van der Waals surface area contributed by atoms with Gasteiger partial charge in [0.05, 0.1) is 0 Å². The average Bonchev–Trinajstić information content (AvgIpc) is 2.32. The van der Waals surface area contributed by atoms with Gasteiger partial charge >= 0.3 is 11.9 Å². The van der Waals surface area contributed by atoms with Crippen molar-refractivity contribution in [3.8, 4) is 0 Å². The first kappa shape index (κ1) is 17.6. The van der Waals surface area contributed by atoms with Crippen molar-refractivity contribution >= 4 is 17.9 Å². The van der Waals surface area contributed by atoms with Crippen LogP contribution in [-0.2, 0) is 9.59 Å². The number of aliphatic carboxylic acids is 2. The lowest BCUT2D eigenvalue weighted by atomic mass is 10.2. The van der Waals surface area contributed by atoms with E-state index in [4.69, 9.17) is 21.7 Å². The van der Waals surface area contributed by atoms with Crippen LogP contribution in [0.5, 0.6) is 0 Å². The summed E-state index contributed by atoms with van der Waals surface area (Å²) in [7, 11) is 0. The normalized spacial score (nSPS) is 14.3. The minimum atomic E-state index is -1.57. The van der Waals surface area contributed by atoms with Gasteiger partial charge in [0.25, 0.3) is 0 Å². The molecule has 0 aromatic heterocycles. The van der Waals surface area contributed by atoms with E-state index < -0.39 is 35.5 Å². The molecule has 7 N–H and O–H groups in total. The second kappa shape index (κ2) is 8.63. The second-order valence-electron chi connectivity index (χ2n) is 3.90. The lowest BCUT2D eigenvalue weighted by Gasteiger charge is -2.09. The predicted octanol–water partition coefficient (Wildman–Crippen LogP) is -2.19. The summed E-state index contributed by atoms with van der Waals surface area (Å²) in [6.45, 7) is -0.650. The van der Waals surface area contributed by atoms with Gasteiger partial charge in [-0.2, -0.15) is 0 Å². The van der Waals surface area contributed by atoms with Crippen LogP contribution in [0.3, 0.4) is 0 Å². The summed E-state index contributed by atoms with van der Waals surface area (Å²) in [4.78, 5) is 34.0. The highest BCUT2D eigenvalue weighted by atomic mass is 16.6. The molecule has 0 rings (SSSR count). The van der Waals surface area contributed by atoms with Gasteiger partial charge in [-0.05, 0) is 12.8 Å². The van der Waals surface area contributed by atoms with E-state index in [-0.39, 0.29) is 18.9 Å². The molecule has 0 unspecified atom stereocenters. The van der Waals surface area contributed by atoms with E-state index in [1.165, 1.54) is 0 Å². The Labute approximate surface area is 113 Å². The van der Waals surface area contributed by atoms with Gasteiger partial charge in [0.1, 0.15) is 6.04 Å². The maximum absolute atomic E-state index is 10.7. The molecule has 0 aromatic carbocycles. The third-order valence-electron chi connectivity index (χ3n) is 2.22. The fraction of sp³-hybridized carbons (Fsp3) is 0.667. The number of aliphatic imine (C=N–C) groups is 1. The van der Waals surface area contributed by atoms with Gasteiger partial charge < -0.3 is 27.0 Å². The first-order valence-electron chi connectivity index (χ1n) is 5.64. The van der Waals surface area contributed by atoms with Crippen molar-refractivity contribution in [3.63, 3.8) is 0 Å². The summed E-state index contributed by atoms with van der Waals surface area (Å²) in [5.41, 5.74) is 10.6. The molecular weight excluding hydrogens is 274 g/mol. The zero-order valence-corrected chi connectivity index (χ0v) is 10.6. The number of guanidine groups is 1. The summed E-state index contributed by atoms with van der Waals surface area (Å²) in [6, 6.07) is -2.56. The maximum atomic E-state index is 10.7. The quantitative estimate of drug-likeness (QED) is 0.103.